The Morgan fingerprint density at radius 1 is 1.78 bits per heavy atom. The highest BCUT2D eigenvalue weighted by molar-refractivity contribution is 5.83. The summed E-state index contributed by atoms with van der Waals surface area (Å²) in [6.07, 6.45) is 0.478. The second-order valence-corrected chi connectivity index (χ2v) is 1.84. The zero-order valence-corrected chi connectivity index (χ0v) is 5.85. The van der Waals surface area contributed by atoms with Crippen molar-refractivity contribution in [1.82, 2.24) is 5.32 Å². The standard InChI is InChI=1S/C6H13NO2/c1-3-6(9)5(4-8)7-2/h5,7-8H,3-4H2,1-2H3/t5-/m0/s1. The summed E-state index contributed by atoms with van der Waals surface area (Å²) in [7, 11) is 1.66. The first kappa shape index (κ1) is 8.59. The normalized spacial score (nSPS) is 13.2. The molecule has 0 aromatic rings. The lowest BCUT2D eigenvalue weighted by Gasteiger charge is -2.08. The Morgan fingerprint density at radius 3 is 2.44 bits per heavy atom. The highest BCUT2D eigenvalue weighted by Gasteiger charge is 2.11. The second kappa shape index (κ2) is 4.47. The molecule has 0 aliphatic heterocycles. The Labute approximate surface area is 55.1 Å². The number of hydrogen-bond acceptors (Lipinski definition) is 3. The number of hydrogen-bond donors (Lipinski definition) is 2. The van der Waals surface area contributed by atoms with E-state index in [0.717, 1.165) is 0 Å². The summed E-state index contributed by atoms with van der Waals surface area (Å²) in [5.41, 5.74) is 0. The average Bonchev–Trinajstić information content (AvgIpc) is 1.90. The number of carbonyl (C=O) groups is 1. The minimum atomic E-state index is -0.366. The van der Waals surface area contributed by atoms with Crippen LogP contribution in [-0.2, 0) is 4.79 Å². The molecule has 0 aliphatic carbocycles. The van der Waals surface area contributed by atoms with Crippen LogP contribution in [0.4, 0.5) is 0 Å². The molecule has 1 atom stereocenters. The SMILES string of the molecule is CCC(=O)[C@H](CO)NC. The maximum Gasteiger partial charge on any atom is 0.151 e. The monoisotopic (exact) mass is 131 g/mol. The molecule has 3 nitrogen and oxygen atoms in total. The molecule has 0 rings (SSSR count). The van der Waals surface area contributed by atoms with Crippen molar-refractivity contribution in [3.05, 3.63) is 0 Å². The maximum absolute atomic E-state index is 10.8. The van der Waals surface area contributed by atoms with E-state index in [4.69, 9.17) is 5.11 Å². The van der Waals surface area contributed by atoms with Crippen LogP contribution >= 0.6 is 0 Å². The van der Waals surface area contributed by atoms with Gasteiger partial charge in [0.1, 0.15) is 0 Å². The van der Waals surface area contributed by atoms with Crippen molar-refractivity contribution in [1.29, 1.82) is 0 Å². The topological polar surface area (TPSA) is 49.3 Å². The van der Waals surface area contributed by atoms with E-state index in [1.54, 1.807) is 14.0 Å². The molecule has 0 radical (unpaired) electrons. The third-order valence-electron chi connectivity index (χ3n) is 1.27. The average molecular weight is 131 g/mol. The fourth-order valence-corrected chi connectivity index (χ4v) is 0.600. The molecule has 0 saturated carbocycles. The highest BCUT2D eigenvalue weighted by Crippen LogP contribution is 1.87. The van der Waals surface area contributed by atoms with Gasteiger partial charge in [-0.3, -0.25) is 4.79 Å². The number of aliphatic hydroxyl groups excluding tert-OH is 1. The Bertz CT molecular complexity index is 89.1. The first-order valence-corrected chi connectivity index (χ1v) is 3.07. The lowest BCUT2D eigenvalue weighted by molar-refractivity contribution is -0.121. The van der Waals surface area contributed by atoms with Crippen LogP contribution in [0.15, 0.2) is 0 Å². The van der Waals surface area contributed by atoms with Crippen molar-refractivity contribution in [3.63, 3.8) is 0 Å². The number of rotatable bonds is 4. The summed E-state index contributed by atoms with van der Waals surface area (Å²) in [5.74, 6) is 0.0556. The van der Waals surface area contributed by atoms with Gasteiger partial charge in [-0.15, -0.1) is 0 Å². The van der Waals surface area contributed by atoms with E-state index in [-0.39, 0.29) is 18.4 Å². The van der Waals surface area contributed by atoms with Gasteiger partial charge in [-0.1, -0.05) is 6.92 Å². The molecule has 0 aromatic carbocycles. The van der Waals surface area contributed by atoms with Crippen LogP contribution in [0.5, 0.6) is 0 Å². The number of ketones is 1. The van der Waals surface area contributed by atoms with Gasteiger partial charge in [-0.05, 0) is 7.05 Å². The van der Waals surface area contributed by atoms with Gasteiger partial charge in [0.15, 0.2) is 5.78 Å². The fraction of sp³-hybridized carbons (Fsp3) is 0.833. The van der Waals surface area contributed by atoms with E-state index < -0.39 is 0 Å². The van der Waals surface area contributed by atoms with Gasteiger partial charge in [-0.25, -0.2) is 0 Å². The summed E-state index contributed by atoms with van der Waals surface area (Å²) in [6.45, 7) is 1.67. The molecular formula is C6H13NO2. The third kappa shape index (κ3) is 2.58. The van der Waals surface area contributed by atoms with Gasteiger partial charge in [0.2, 0.25) is 0 Å². The van der Waals surface area contributed by atoms with E-state index in [2.05, 4.69) is 5.32 Å². The second-order valence-electron chi connectivity index (χ2n) is 1.84. The number of likely N-dealkylation sites (N-methyl/N-ethyl adjacent to an activating group) is 1. The van der Waals surface area contributed by atoms with Crippen LogP contribution in [0.2, 0.25) is 0 Å². The molecule has 0 aliphatic rings. The number of nitrogens with one attached hydrogen (secondary N) is 1. The molecule has 0 heterocycles. The lowest BCUT2D eigenvalue weighted by Crippen LogP contribution is -2.36. The van der Waals surface area contributed by atoms with Gasteiger partial charge in [-0.2, -0.15) is 0 Å². The van der Waals surface area contributed by atoms with Crippen LogP contribution in [0.25, 0.3) is 0 Å². The van der Waals surface area contributed by atoms with Crippen LogP contribution in [0.1, 0.15) is 13.3 Å². The van der Waals surface area contributed by atoms with Gasteiger partial charge in [0, 0.05) is 6.42 Å². The summed E-state index contributed by atoms with van der Waals surface area (Å²) < 4.78 is 0. The molecule has 3 heteroatoms. The minimum Gasteiger partial charge on any atom is -0.394 e. The molecule has 2 N–H and O–H groups in total. The van der Waals surface area contributed by atoms with Gasteiger partial charge in [0.05, 0.1) is 12.6 Å². The molecular weight excluding hydrogens is 118 g/mol. The van der Waals surface area contributed by atoms with Gasteiger partial charge in [0.25, 0.3) is 0 Å². The Balaban J connectivity index is 3.64. The first-order chi connectivity index (χ1) is 4.26. The van der Waals surface area contributed by atoms with Crippen molar-refractivity contribution >= 4 is 5.78 Å². The van der Waals surface area contributed by atoms with Crippen LogP contribution in [0, 0.1) is 0 Å². The number of aliphatic hydroxyl groups is 1. The van der Waals surface area contributed by atoms with Crippen molar-refractivity contribution < 1.29 is 9.90 Å². The molecule has 54 valence electrons. The van der Waals surface area contributed by atoms with E-state index in [1.807, 2.05) is 0 Å². The maximum atomic E-state index is 10.8. The number of carbonyl (C=O) groups excluding carboxylic acids is 1. The molecule has 0 bridgehead atoms. The predicted molar refractivity (Wildman–Crippen MR) is 35.2 cm³/mol. The first-order valence-electron chi connectivity index (χ1n) is 3.07. The molecule has 0 spiro atoms. The molecule has 0 aromatic heterocycles. The zero-order chi connectivity index (χ0) is 7.28. The zero-order valence-electron chi connectivity index (χ0n) is 5.85. The Hall–Kier alpha value is -0.410. The van der Waals surface area contributed by atoms with Gasteiger partial charge >= 0.3 is 0 Å². The van der Waals surface area contributed by atoms with E-state index in [9.17, 15) is 4.79 Å². The summed E-state index contributed by atoms with van der Waals surface area (Å²) in [5, 5.41) is 11.2. The van der Waals surface area contributed by atoms with E-state index >= 15 is 0 Å². The van der Waals surface area contributed by atoms with Crippen LogP contribution < -0.4 is 5.32 Å². The Kier molecular flexibility index (Phi) is 4.26. The molecule has 0 amide bonds. The summed E-state index contributed by atoms with van der Waals surface area (Å²) in [6, 6.07) is -0.366. The Morgan fingerprint density at radius 2 is 2.33 bits per heavy atom. The van der Waals surface area contributed by atoms with Crippen LogP contribution in [-0.4, -0.2) is 30.6 Å². The largest absolute Gasteiger partial charge is 0.394 e. The third-order valence-corrected chi connectivity index (χ3v) is 1.27. The molecule has 9 heavy (non-hydrogen) atoms. The van der Waals surface area contributed by atoms with E-state index in [1.165, 1.54) is 0 Å². The number of Topliss-reactive ketones (excluding diaryl/α,β-unsaturated/α-hetero) is 1. The fourth-order valence-electron chi connectivity index (χ4n) is 0.600. The molecule has 0 unspecified atom stereocenters. The summed E-state index contributed by atoms with van der Waals surface area (Å²) in [4.78, 5) is 10.8. The molecule has 0 fully saturated rings. The van der Waals surface area contributed by atoms with Crippen molar-refractivity contribution in [2.45, 2.75) is 19.4 Å². The van der Waals surface area contributed by atoms with E-state index in [0.29, 0.717) is 6.42 Å². The van der Waals surface area contributed by atoms with Crippen LogP contribution in [0.3, 0.4) is 0 Å². The minimum absolute atomic E-state index is 0.0556. The highest BCUT2D eigenvalue weighted by atomic mass is 16.3. The van der Waals surface area contributed by atoms with Crippen molar-refractivity contribution in [2.24, 2.45) is 0 Å². The smallest absolute Gasteiger partial charge is 0.151 e. The predicted octanol–water partition coefficient (Wildman–Crippen LogP) is -0.454. The summed E-state index contributed by atoms with van der Waals surface area (Å²) >= 11 is 0. The van der Waals surface area contributed by atoms with Crippen molar-refractivity contribution in [3.8, 4) is 0 Å². The van der Waals surface area contributed by atoms with Gasteiger partial charge < -0.3 is 10.4 Å². The van der Waals surface area contributed by atoms with Crippen molar-refractivity contribution in [2.75, 3.05) is 13.7 Å². The quantitative estimate of drug-likeness (QED) is 0.543. The lowest BCUT2D eigenvalue weighted by atomic mass is 10.1. The molecule has 0 saturated heterocycles.